The van der Waals surface area contributed by atoms with Crippen LogP contribution in [0.25, 0.3) is 0 Å². The summed E-state index contributed by atoms with van der Waals surface area (Å²) in [6, 6.07) is 4.11. The lowest BCUT2D eigenvalue weighted by Gasteiger charge is -2.36. The number of carbonyl (C=O) groups is 2. The molecule has 2 fully saturated rings. The minimum absolute atomic E-state index is 0.00852. The number of nitrogens with zero attached hydrogens (tertiary/aromatic N) is 2. The van der Waals surface area contributed by atoms with Crippen molar-refractivity contribution in [2.45, 2.75) is 23.3 Å². The zero-order valence-electron chi connectivity index (χ0n) is 14.8. The topological polar surface area (TPSA) is 105 Å². The van der Waals surface area contributed by atoms with Crippen LogP contribution in [0.15, 0.2) is 23.1 Å². The van der Waals surface area contributed by atoms with Crippen molar-refractivity contribution < 1.29 is 27.5 Å². The number of amides is 3. The van der Waals surface area contributed by atoms with E-state index < -0.39 is 21.6 Å². The molecule has 9 nitrogen and oxygen atoms in total. The molecule has 2 heterocycles. The Balaban J connectivity index is 1.85. The second-order valence-corrected chi connectivity index (χ2v) is 8.20. The number of likely N-dealkylation sites (N-methyl/N-ethyl adjacent to an activating group) is 1. The SMILES string of the molecule is COc1ccc(OC)c(S(=O)(=O)N2CCC3(CC2)NC(=O)N(C)C3=O)c1. The van der Waals surface area contributed by atoms with Gasteiger partial charge in [0, 0.05) is 26.2 Å². The highest BCUT2D eigenvalue weighted by molar-refractivity contribution is 7.89. The number of nitrogens with one attached hydrogen (secondary N) is 1. The number of methoxy groups -OCH3 is 2. The maximum Gasteiger partial charge on any atom is 0.324 e. The van der Waals surface area contributed by atoms with Gasteiger partial charge in [-0.15, -0.1) is 0 Å². The molecular weight excluding hydrogens is 362 g/mol. The molecule has 3 amide bonds. The molecule has 2 aliphatic rings. The van der Waals surface area contributed by atoms with Gasteiger partial charge in [0.15, 0.2) is 0 Å². The van der Waals surface area contributed by atoms with E-state index in [0.717, 1.165) is 4.90 Å². The van der Waals surface area contributed by atoms with Crippen molar-refractivity contribution in [1.29, 1.82) is 0 Å². The lowest BCUT2D eigenvalue weighted by atomic mass is 9.88. The smallest absolute Gasteiger partial charge is 0.324 e. The molecule has 0 bridgehead atoms. The summed E-state index contributed by atoms with van der Waals surface area (Å²) in [4.78, 5) is 25.1. The first-order chi connectivity index (χ1) is 12.2. The maximum atomic E-state index is 13.1. The Morgan fingerprint density at radius 2 is 1.77 bits per heavy atom. The standard InChI is InChI=1S/C16H21N3O6S/c1-18-14(20)16(17-15(18)21)6-8-19(9-7-16)26(22,23)13-10-11(24-2)4-5-12(13)25-3/h4-5,10H,6-9H2,1-3H3,(H,17,21). The van der Waals surface area contributed by atoms with Crippen molar-refractivity contribution in [3.05, 3.63) is 18.2 Å². The second-order valence-electron chi connectivity index (χ2n) is 6.30. The fraction of sp³-hybridized carbons (Fsp3) is 0.500. The molecule has 3 rings (SSSR count). The number of benzene rings is 1. The first-order valence-corrected chi connectivity index (χ1v) is 9.52. The van der Waals surface area contributed by atoms with E-state index in [1.807, 2.05) is 0 Å². The third-order valence-electron chi connectivity index (χ3n) is 4.93. The summed E-state index contributed by atoms with van der Waals surface area (Å²) in [6.45, 7) is 0.227. The van der Waals surface area contributed by atoms with E-state index in [4.69, 9.17) is 9.47 Å². The Morgan fingerprint density at radius 3 is 2.27 bits per heavy atom. The average Bonchev–Trinajstić information content (AvgIpc) is 2.85. The normalized spacial score (nSPS) is 20.3. The van der Waals surface area contributed by atoms with Gasteiger partial charge in [0.1, 0.15) is 21.9 Å². The third kappa shape index (κ3) is 2.78. The van der Waals surface area contributed by atoms with Crippen LogP contribution < -0.4 is 14.8 Å². The van der Waals surface area contributed by atoms with Gasteiger partial charge in [-0.05, 0) is 25.0 Å². The van der Waals surface area contributed by atoms with Crippen molar-refractivity contribution in [2.24, 2.45) is 0 Å². The van der Waals surface area contributed by atoms with Crippen LogP contribution in [0.4, 0.5) is 4.79 Å². The lowest BCUT2D eigenvalue weighted by Crippen LogP contribution is -2.55. The van der Waals surface area contributed by atoms with E-state index in [1.54, 1.807) is 6.07 Å². The third-order valence-corrected chi connectivity index (χ3v) is 6.85. The van der Waals surface area contributed by atoms with Crippen molar-refractivity contribution in [1.82, 2.24) is 14.5 Å². The number of hydrogen-bond acceptors (Lipinski definition) is 6. The maximum absolute atomic E-state index is 13.1. The Hall–Kier alpha value is -2.33. The summed E-state index contributed by atoms with van der Waals surface area (Å²) in [7, 11) is 0.425. The zero-order valence-corrected chi connectivity index (χ0v) is 15.6. The predicted molar refractivity (Wildman–Crippen MR) is 91.6 cm³/mol. The summed E-state index contributed by atoms with van der Waals surface area (Å²) >= 11 is 0. The van der Waals surface area contributed by atoms with E-state index in [1.165, 1.54) is 37.7 Å². The zero-order chi connectivity index (χ0) is 19.1. The average molecular weight is 383 g/mol. The van der Waals surface area contributed by atoms with Crippen molar-refractivity contribution in [3.63, 3.8) is 0 Å². The van der Waals surface area contributed by atoms with Crippen LogP contribution in [0, 0.1) is 0 Å². The Bertz CT molecular complexity index is 846. The number of urea groups is 1. The van der Waals surface area contributed by atoms with Crippen molar-refractivity contribution in [2.75, 3.05) is 34.4 Å². The molecule has 2 saturated heterocycles. The summed E-state index contributed by atoms with van der Waals surface area (Å²) in [5, 5.41) is 2.69. The van der Waals surface area contributed by atoms with Crippen LogP contribution in [0.2, 0.25) is 0 Å². The molecule has 1 aromatic carbocycles. The molecule has 0 aliphatic carbocycles. The molecule has 1 aromatic rings. The van der Waals surface area contributed by atoms with Crippen molar-refractivity contribution >= 4 is 22.0 Å². The highest BCUT2D eigenvalue weighted by Gasteiger charge is 2.52. The van der Waals surface area contributed by atoms with E-state index in [0.29, 0.717) is 5.75 Å². The molecule has 0 atom stereocenters. The van der Waals surface area contributed by atoms with Gasteiger partial charge in [-0.25, -0.2) is 13.2 Å². The minimum atomic E-state index is -3.84. The number of rotatable bonds is 4. The number of ether oxygens (including phenoxy) is 2. The molecule has 1 N–H and O–H groups in total. The molecule has 0 saturated carbocycles. The molecule has 1 spiro atoms. The van der Waals surface area contributed by atoms with E-state index in [2.05, 4.69) is 5.32 Å². The van der Waals surface area contributed by atoms with Gasteiger partial charge in [-0.2, -0.15) is 4.31 Å². The first kappa shape index (κ1) is 18.5. The molecule has 0 aromatic heterocycles. The Labute approximate surface area is 151 Å². The summed E-state index contributed by atoms with van der Waals surface area (Å²) < 4.78 is 37.7. The van der Waals surface area contributed by atoms with Crippen LogP contribution in [-0.4, -0.2) is 69.5 Å². The minimum Gasteiger partial charge on any atom is -0.497 e. The van der Waals surface area contributed by atoms with Crippen molar-refractivity contribution in [3.8, 4) is 11.5 Å². The molecular formula is C16H21N3O6S. The van der Waals surface area contributed by atoms with Gasteiger partial charge in [-0.1, -0.05) is 0 Å². The number of sulfonamides is 1. The number of carbonyl (C=O) groups excluding carboxylic acids is 2. The fourth-order valence-electron chi connectivity index (χ4n) is 3.33. The summed E-state index contributed by atoms with van der Waals surface area (Å²) in [5.74, 6) is 0.298. The Morgan fingerprint density at radius 1 is 1.12 bits per heavy atom. The number of hydrogen-bond donors (Lipinski definition) is 1. The van der Waals surface area contributed by atoms with Crippen LogP contribution in [0.3, 0.4) is 0 Å². The Kier molecular flexibility index (Phi) is 4.57. The van der Waals surface area contributed by atoms with E-state index >= 15 is 0 Å². The monoisotopic (exact) mass is 383 g/mol. The highest BCUT2D eigenvalue weighted by Crippen LogP contribution is 2.35. The van der Waals surface area contributed by atoms with Gasteiger partial charge in [-0.3, -0.25) is 9.69 Å². The van der Waals surface area contributed by atoms with Gasteiger partial charge in [0.25, 0.3) is 5.91 Å². The molecule has 10 heteroatoms. The van der Waals surface area contributed by atoms with Crippen LogP contribution in [0.5, 0.6) is 11.5 Å². The molecule has 2 aliphatic heterocycles. The van der Waals surface area contributed by atoms with Gasteiger partial charge in [0.2, 0.25) is 10.0 Å². The van der Waals surface area contributed by atoms with E-state index in [-0.39, 0.29) is 42.5 Å². The predicted octanol–water partition coefficient (Wildman–Crippen LogP) is 0.409. The summed E-state index contributed by atoms with van der Waals surface area (Å²) in [6.07, 6.45) is 0.431. The van der Waals surface area contributed by atoms with Gasteiger partial charge < -0.3 is 14.8 Å². The second kappa shape index (κ2) is 6.44. The van der Waals surface area contributed by atoms with Gasteiger partial charge >= 0.3 is 6.03 Å². The number of imide groups is 1. The van der Waals surface area contributed by atoms with E-state index in [9.17, 15) is 18.0 Å². The lowest BCUT2D eigenvalue weighted by molar-refractivity contribution is -0.131. The molecule has 26 heavy (non-hydrogen) atoms. The first-order valence-electron chi connectivity index (χ1n) is 8.08. The molecule has 0 radical (unpaired) electrons. The quantitative estimate of drug-likeness (QED) is 0.755. The van der Waals surface area contributed by atoms with Gasteiger partial charge in [0.05, 0.1) is 14.2 Å². The van der Waals surface area contributed by atoms with Crippen LogP contribution >= 0.6 is 0 Å². The largest absolute Gasteiger partial charge is 0.497 e. The molecule has 142 valence electrons. The molecule has 0 unspecified atom stereocenters. The fourth-order valence-corrected chi connectivity index (χ4v) is 4.94. The number of piperidine rings is 1. The van der Waals surface area contributed by atoms with Crippen LogP contribution in [-0.2, 0) is 14.8 Å². The highest BCUT2D eigenvalue weighted by atomic mass is 32.2. The van der Waals surface area contributed by atoms with Crippen LogP contribution in [0.1, 0.15) is 12.8 Å². The summed E-state index contributed by atoms with van der Waals surface area (Å²) in [5.41, 5.74) is -1.02.